The molecule has 0 saturated carbocycles. The average Bonchev–Trinajstić information content (AvgIpc) is 2.60. The Morgan fingerprint density at radius 2 is 1.75 bits per heavy atom. The molecule has 0 unspecified atom stereocenters. The van der Waals surface area contributed by atoms with Gasteiger partial charge < -0.3 is 10.6 Å². The lowest BCUT2D eigenvalue weighted by Crippen LogP contribution is -2.22. The molecule has 0 atom stereocenters. The number of carbonyl (C=O) groups excluding carboxylic acids is 1. The highest BCUT2D eigenvalue weighted by Gasteiger charge is 2.15. The van der Waals surface area contributed by atoms with E-state index >= 15 is 0 Å². The van der Waals surface area contributed by atoms with Crippen molar-refractivity contribution in [2.75, 3.05) is 17.2 Å². The van der Waals surface area contributed by atoms with Gasteiger partial charge in [-0.15, -0.1) is 0 Å². The molecule has 0 aliphatic carbocycles. The van der Waals surface area contributed by atoms with Crippen molar-refractivity contribution in [2.45, 2.75) is 0 Å². The number of hydrogen-bond acceptors (Lipinski definition) is 3. The first-order valence-electron chi connectivity index (χ1n) is 7.07. The van der Waals surface area contributed by atoms with E-state index in [0.29, 0.717) is 11.2 Å². The van der Waals surface area contributed by atoms with Crippen LogP contribution in [0.1, 0.15) is 0 Å². The Kier molecular flexibility index (Phi) is 4.33. The first-order chi connectivity index (χ1) is 11.6. The fourth-order valence-corrected chi connectivity index (χ4v) is 2.24. The van der Waals surface area contributed by atoms with E-state index in [4.69, 9.17) is 0 Å². The number of nitrogens with zero attached hydrogens (tertiary/aromatic N) is 1. The summed E-state index contributed by atoms with van der Waals surface area (Å²) < 4.78 is 39.5. The second kappa shape index (κ2) is 6.57. The number of anilines is 2. The van der Waals surface area contributed by atoms with Crippen LogP contribution >= 0.6 is 0 Å². The molecule has 1 amide bonds. The Bertz CT molecular complexity index is 909. The van der Waals surface area contributed by atoms with E-state index in [9.17, 15) is 18.0 Å². The van der Waals surface area contributed by atoms with Gasteiger partial charge in [-0.2, -0.15) is 0 Å². The summed E-state index contributed by atoms with van der Waals surface area (Å²) in [5.41, 5.74) is 0.901. The van der Waals surface area contributed by atoms with E-state index in [-0.39, 0.29) is 6.54 Å². The molecule has 2 N–H and O–H groups in total. The minimum atomic E-state index is -1.63. The van der Waals surface area contributed by atoms with E-state index in [1.807, 2.05) is 12.1 Å². The van der Waals surface area contributed by atoms with Gasteiger partial charge in [-0.05, 0) is 24.3 Å². The lowest BCUT2D eigenvalue weighted by molar-refractivity contribution is -0.114. The van der Waals surface area contributed by atoms with E-state index in [1.165, 1.54) is 0 Å². The minimum absolute atomic E-state index is 0.186. The zero-order valence-electron chi connectivity index (χ0n) is 12.3. The van der Waals surface area contributed by atoms with Crippen LogP contribution in [0.4, 0.5) is 24.5 Å². The lowest BCUT2D eigenvalue weighted by atomic mass is 10.2. The maximum atomic E-state index is 13.5. The van der Waals surface area contributed by atoms with Crippen molar-refractivity contribution in [3.8, 4) is 0 Å². The molecule has 1 aromatic heterocycles. The maximum Gasteiger partial charge on any atom is 0.243 e. The van der Waals surface area contributed by atoms with Crippen molar-refractivity contribution in [2.24, 2.45) is 0 Å². The van der Waals surface area contributed by atoms with Gasteiger partial charge in [0, 0.05) is 11.6 Å². The van der Waals surface area contributed by atoms with E-state index < -0.39 is 29.0 Å². The van der Waals surface area contributed by atoms with Gasteiger partial charge in [0.05, 0.1) is 23.4 Å². The fraction of sp³-hybridized carbons (Fsp3) is 0.0588. The maximum absolute atomic E-state index is 13.5. The summed E-state index contributed by atoms with van der Waals surface area (Å²) in [5.74, 6) is -4.98. The second-order valence-electron chi connectivity index (χ2n) is 5.01. The predicted molar refractivity (Wildman–Crippen MR) is 85.2 cm³/mol. The number of carbonyl (C=O) groups is 1. The Morgan fingerprint density at radius 1 is 0.958 bits per heavy atom. The van der Waals surface area contributed by atoms with Crippen molar-refractivity contribution < 1.29 is 18.0 Å². The number of pyridine rings is 1. The third-order valence-corrected chi connectivity index (χ3v) is 3.38. The molecule has 0 radical (unpaired) electrons. The number of amides is 1. The molecule has 24 heavy (non-hydrogen) atoms. The third kappa shape index (κ3) is 3.15. The molecule has 0 bridgehead atoms. The summed E-state index contributed by atoms with van der Waals surface area (Å²) >= 11 is 0. The summed E-state index contributed by atoms with van der Waals surface area (Å²) in [5, 5.41) is 5.98. The van der Waals surface area contributed by atoms with Crippen LogP contribution in [0.3, 0.4) is 0 Å². The average molecular weight is 331 g/mol. The summed E-state index contributed by atoms with van der Waals surface area (Å²) in [6.45, 7) is -0.186. The highest BCUT2D eigenvalue weighted by atomic mass is 19.2. The van der Waals surface area contributed by atoms with E-state index in [0.717, 1.165) is 17.5 Å². The number of nitrogens with one attached hydrogen (secondary N) is 2. The Balaban J connectivity index is 1.71. The number of benzene rings is 2. The number of fused-ring (bicyclic) bond motifs is 1. The molecule has 0 aliphatic rings. The van der Waals surface area contributed by atoms with Crippen LogP contribution in [0, 0.1) is 17.5 Å². The number of rotatable bonds is 4. The van der Waals surface area contributed by atoms with Gasteiger partial charge in [0.25, 0.3) is 0 Å². The van der Waals surface area contributed by atoms with E-state index in [1.54, 1.807) is 24.4 Å². The highest BCUT2D eigenvalue weighted by Crippen LogP contribution is 2.21. The molecule has 0 aliphatic heterocycles. The summed E-state index contributed by atoms with van der Waals surface area (Å²) in [4.78, 5) is 16.1. The standard InChI is InChI=1S/C17H12F3N3O/c18-11-6-7-12(16(20)15(11)19)23-14(24)9-22-13-5-1-3-10-4-2-8-21-17(10)13/h1-8,22H,9H2,(H,23,24). The van der Waals surface area contributed by atoms with Crippen molar-refractivity contribution in [3.05, 3.63) is 66.1 Å². The van der Waals surface area contributed by atoms with Crippen LogP contribution in [0.2, 0.25) is 0 Å². The quantitative estimate of drug-likeness (QED) is 0.717. The summed E-state index contributed by atoms with van der Waals surface area (Å²) in [6.07, 6.45) is 1.63. The molecular formula is C17H12F3N3O. The van der Waals surface area contributed by atoms with Crippen molar-refractivity contribution >= 4 is 28.2 Å². The molecular weight excluding hydrogens is 319 g/mol. The van der Waals surface area contributed by atoms with Crippen LogP contribution in [0.5, 0.6) is 0 Å². The molecule has 0 saturated heterocycles. The highest BCUT2D eigenvalue weighted by molar-refractivity contribution is 5.96. The van der Waals surface area contributed by atoms with Gasteiger partial charge in [-0.3, -0.25) is 9.78 Å². The molecule has 3 aromatic rings. The number of halogens is 3. The van der Waals surface area contributed by atoms with Gasteiger partial charge in [0.15, 0.2) is 17.5 Å². The third-order valence-electron chi connectivity index (χ3n) is 3.38. The van der Waals surface area contributed by atoms with Crippen LogP contribution in [0.15, 0.2) is 48.7 Å². The SMILES string of the molecule is O=C(CNc1cccc2cccnc12)Nc1ccc(F)c(F)c1F. The molecule has 4 nitrogen and oxygen atoms in total. The van der Waals surface area contributed by atoms with Gasteiger partial charge in [0.2, 0.25) is 5.91 Å². The van der Waals surface area contributed by atoms with Crippen LogP contribution in [0.25, 0.3) is 10.9 Å². The Morgan fingerprint density at radius 3 is 2.58 bits per heavy atom. The molecule has 0 fully saturated rings. The fourth-order valence-electron chi connectivity index (χ4n) is 2.24. The number of para-hydroxylation sites is 1. The van der Waals surface area contributed by atoms with Gasteiger partial charge in [-0.1, -0.05) is 18.2 Å². The Labute approximate surface area is 135 Å². The first-order valence-corrected chi connectivity index (χ1v) is 7.07. The summed E-state index contributed by atoms with van der Waals surface area (Å²) in [6, 6.07) is 10.8. The molecule has 3 rings (SSSR count). The molecule has 1 heterocycles. The van der Waals surface area contributed by atoms with Crippen LogP contribution < -0.4 is 10.6 Å². The van der Waals surface area contributed by atoms with Gasteiger partial charge >= 0.3 is 0 Å². The lowest BCUT2D eigenvalue weighted by Gasteiger charge is -2.10. The molecule has 122 valence electrons. The van der Waals surface area contributed by atoms with Crippen molar-refractivity contribution in [1.82, 2.24) is 4.98 Å². The minimum Gasteiger partial charge on any atom is -0.374 e. The zero-order valence-corrected chi connectivity index (χ0v) is 12.3. The van der Waals surface area contributed by atoms with Gasteiger partial charge in [0.1, 0.15) is 0 Å². The van der Waals surface area contributed by atoms with Crippen LogP contribution in [-0.2, 0) is 4.79 Å². The summed E-state index contributed by atoms with van der Waals surface area (Å²) in [7, 11) is 0. The first kappa shape index (κ1) is 15.8. The number of aromatic nitrogens is 1. The normalized spacial score (nSPS) is 10.6. The molecule has 7 heteroatoms. The monoisotopic (exact) mass is 331 g/mol. The largest absolute Gasteiger partial charge is 0.374 e. The van der Waals surface area contributed by atoms with Crippen molar-refractivity contribution in [1.29, 1.82) is 0 Å². The molecule has 0 spiro atoms. The second-order valence-corrected chi connectivity index (χ2v) is 5.01. The van der Waals surface area contributed by atoms with Crippen molar-refractivity contribution in [3.63, 3.8) is 0 Å². The number of hydrogen-bond donors (Lipinski definition) is 2. The van der Waals surface area contributed by atoms with Gasteiger partial charge in [-0.25, -0.2) is 13.2 Å². The zero-order chi connectivity index (χ0) is 17.1. The van der Waals surface area contributed by atoms with Crippen LogP contribution in [-0.4, -0.2) is 17.4 Å². The smallest absolute Gasteiger partial charge is 0.243 e. The van der Waals surface area contributed by atoms with E-state index in [2.05, 4.69) is 15.6 Å². The Hall–Kier alpha value is -3.09. The topological polar surface area (TPSA) is 54.0 Å². The predicted octanol–water partition coefficient (Wildman–Crippen LogP) is 3.70. The molecule has 2 aromatic carbocycles.